The van der Waals surface area contributed by atoms with E-state index in [0.717, 1.165) is 32.4 Å². The quantitative estimate of drug-likeness (QED) is 0.545. The molecular formula is C19H28IN3O. The number of nitrogens with one attached hydrogen (secondary N) is 1. The summed E-state index contributed by atoms with van der Waals surface area (Å²) in [4.78, 5) is 17.2. The first-order valence-corrected chi connectivity index (χ1v) is 9.61. The zero-order chi connectivity index (χ0) is 17.5. The van der Waals surface area contributed by atoms with Crippen molar-refractivity contribution in [2.75, 3.05) is 34.2 Å². The molecule has 1 N–H and O–H groups in total. The molecule has 1 aromatic carbocycles. The van der Waals surface area contributed by atoms with Gasteiger partial charge < -0.3 is 10.2 Å². The maximum absolute atomic E-state index is 13.1. The molecule has 1 aliphatic rings. The Kier molecular flexibility index (Phi) is 7.71. The van der Waals surface area contributed by atoms with Crippen molar-refractivity contribution in [3.8, 4) is 0 Å². The van der Waals surface area contributed by atoms with Crippen LogP contribution < -0.4 is 5.32 Å². The number of hydrogen-bond donors (Lipinski definition) is 1. The Hall–Kier alpha value is -0.920. The Morgan fingerprint density at radius 2 is 2.00 bits per heavy atom. The molecule has 1 aliphatic heterocycles. The van der Waals surface area contributed by atoms with Gasteiger partial charge in [-0.05, 0) is 80.7 Å². The highest BCUT2D eigenvalue weighted by molar-refractivity contribution is 14.1. The Labute approximate surface area is 159 Å². The Morgan fingerprint density at radius 3 is 2.62 bits per heavy atom. The van der Waals surface area contributed by atoms with Crippen LogP contribution in [0.1, 0.15) is 18.4 Å². The fraction of sp³-hybridized carbons (Fsp3) is 0.526. The number of rotatable bonds is 6. The highest BCUT2D eigenvalue weighted by Gasteiger charge is 2.30. The van der Waals surface area contributed by atoms with Crippen LogP contribution in [-0.2, 0) is 11.2 Å². The topological polar surface area (TPSA) is 35.6 Å². The van der Waals surface area contributed by atoms with Crippen LogP contribution in [0.2, 0.25) is 0 Å². The van der Waals surface area contributed by atoms with Crippen LogP contribution in [0.15, 0.2) is 36.4 Å². The number of amides is 1. The van der Waals surface area contributed by atoms with Crippen LogP contribution in [-0.4, -0.2) is 62.0 Å². The molecule has 0 radical (unpaired) electrons. The third-order valence-electron chi connectivity index (χ3n) is 4.52. The second-order valence-corrected chi connectivity index (χ2v) is 7.79. The fourth-order valence-electron chi connectivity index (χ4n) is 3.17. The molecule has 5 heteroatoms. The summed E-state index contributed by atoms with van der Waals surface area (Å²) in [6.07, 6.45) is 6.95. The molecule has 2 rings (SSSR count). The van der Waals surface area contributed by atoms with Crippen molar-refractivity contribution >= 4 is 28.5 Å². The van der Waals surface area contributed by atoms with Crippen molar-refractivity contribution in [1.82, 2.24) is 15.1 Å². The van der Waals surface area contributed by atoms with Gasteiger partial charge in [-0.3, -0.25) is 9.69 Å². The van der Waals surface area contributed by atoms with Gasteiger partial charge in [0.15, 0.2) is 0 Å². The average molecular weight is 441 g/mol. The van der Waals surface area contributed by atoms with Crippen LogP contribution in [0, 0.1) is 3.57 Å². The lowest BCUT2D eigenvalue weighted by molar-refractivity contribution is -0.138. The van der Waals surface area contributed by atoms with Crippen LogP contribution in [0.4, 0.5) is 0 Å². The first kappa shape index (κ1) is 19.4. The summed E-state index contributed by atoms with van der Waals surface area (Å²) in [5.41, 5.74) is 1.28. The lowest BCUT2D eigenvalue weighted by Gasteiger charge is -2.37. The van der Waals surface area contributed by atoms with E-state index in [1.165, 1.54) is 9.13 Å². The number of halogens is 1. The van der Waals surface area contributed by atoms with E-state index in [9.17, 15) is 4.79 Å². The molecule has 1 aromatic rings. The number of nitrogens with zero attached hydrogens (tertiary/aromatic N) is 2. The lowest BCUT2D eigenvalue weighted by atomic mass is 10.0. The normalized spacial score (nSPS) is 21.5. The number of carbonyl (C=O) groups is 1. The fourth-order valence-corrected chi connectivity index (χ4v) is 3.53. The first-order valence-electron chi connectivity index (χ1n) is 8.54. The molecular weight excluding hydrogens is 413 g/mol. The van der Waals surface area contributed by atoms with Crippen LogP contribution in [0.3, 0.4) is 0 Å². The van der Waals surface area contributed by atoms with Crippen molar-refractivity contribution < 1.29 is 4.79 Å². The van der Waals surface area contributed by atoms with Crippen LogP contribution in [0.5, 0.6) is 0 Å². The molecule has 0 bridgehead atoms. The van der Waals surface area contributed by atoms with E-state index in [1.54, 1.807) is 0 Å². The number of carbonyl (C=O) groups excluding carboxylic acids is 1. The maximum atomic E-state index is 13.1. The molecule has 4 nitrogen and oxygen atoms in total. The smallest absolute Gasteiger partial charge is 0.240 e. The van der Waals surface area contributed by atoms with E-state index in [1.807, 2.05) is 26.0 Å². The van der Waals surface area contributed by atoms with Gasteiger partial charge in [-0.25, -0.2) is 0 Å². The molecule has 0 saturated heterocycles. The summed E-state index contributed by atoms with van der Waals surface area (Å²) in [5.74, 6) is 0.245. The number of benzene rings is 1. The molecule has 0 saturated carbocycles. The standard InChI is InChI=1S/C19H28IN3O/c1-21-14-17(13-15-8-10-16(20)11-9-15)23-12-6-4-5-7-18(19(23)24)22(2)3/h4-5,8-11,17-18,21H,6-7,12-14H2,1-3H3/b5-4-/t17-,18-/m0/s1. The lowest BCUT2D eigenvalue weighted by Crippen LogP contribution is -2.53. The zero-order valence-electron chi connectivity index (χ0n) is 14.8. The summed E-state index contributed by atoms with van der Waals surface area (Å²) >= 11 is 2.32. The zero-order valence-corrected chi connectivity index (χ0v) is 17.0. The van der Waals surface area contributed by atoms with Gasteiger partial charge in [0.25, 0.3) is 0 Å². The largest absolute Gasteiger partial charge is 0.336 e. The van der Waals surface area contributed by atoms with Gasteiger partial charge in [-0.2, -0.15) is 0 Å². The monoisotopic (exact) mass is 441 g/mol. The second kappa shape index (κ2) is 9.53. The molecule has 1 heterocycles. The van der Waals surface area contributed by atoms with Crippen LogP contribution in [0.25, 0.3) is 0 Å². The van der Waals surface area contributed by atoms with Gasteiger partial charge in [0, 0.05) is 22.7 Å². The summed E-state index contributed by atoms with van der Waals surface area (Å²) in [6.45, 7) is 1.60. The molecule has 0 aromatic heterocycles. The van der Waals surface area contributed by atoms with E-state index in [0.29, 0.717) is 0 Å². The average Bonchev–Trinajstić information content (AvgIpc) is 2.53. The number of hydrogen-bond acceptors (Lipinski definition) is 3. The van der Waals surface area contributed by atoms with E-state index < -0.39 is 0 Å². The summed E-state index contributed by atoms with van der Waals surface area (Å²) in [6, 6.07) is 8.71. The van der Waals surface area contributed by atoms with Gasteiger partial charge >= 0.3 is 0 Å². The van der Waals surface area contributed by atoms with Crippen molar-refractivity contribution in [2.24, 2.45) is 0 Å². The van der Waals surface area contributed by atoms with E-state index in [-0.39, 0.29) is 18.0 Å². The second-order valence-electron chi connectivity index (χ2n) is 6.55. The molecule has 1 amide bonds. The molecule has 132 valence electrons. The van der Waals surface area contributed by atoms with Crippen LogP contribution >= 0.6 is 22.6 Å². The summed E-state index contributed by atoms with van der Waals surface area (Å²) < 4.78 is 1.24. The van der Waals surface area contributed by atoms with Gasteiger partial charge in [0.05, 0.1) is 6.04 Å². The third-order valence-corrected chi connectivity index (χ3v) is 5.24. The summed E-state index contributed by atoms with van der Waals surface area (Å²) in [5, 5.41) is 3.27. The minimum Gasteiger partial charge on any atom is -0.336 e. The molecule has 24 heavy (non-hydrogen) atoms. The van der Waals surface area contributed by atoms with E-state index >= 15 is 0 Å². The SMILES string of the molecule is CNC[C@H](Cc1ccc(I)cc1)N1CC/C=C\C[C@H](N(C)C)C1=O. The Balaban J connectivity index is 2.21. The maximum Gasteiger partial charge on any atom is 0.240 e. The van der Waals surface area contributed by atoms with Gasteiger partial charge in [0.1, 0.15) is 0 Å². The molecule has 0 fully saturated rings. The van der Waals surface area contributed by atoms with Gasteiger partial charge in [-0.1, -0.05) is 24.3 Å². The first-order chi connectivity index (χ1) is 11.5. The Morgan fingerprint density at radius 1 is 1.29 bits per heavy atom. The highest BCUT2D eigenvalue weighted by Crippen LogP contribution is 2.17. The minimum atomic E-state index is -0.0716. The molecule has 2 atom stereocenters. The van der Waals surface area contributed by atoms with Gasteiger partial charge in [0.2, 0.25) is 5.91 Å². The predicted molar refractivity (Wildman–Crippen MR) is 108 cm³/mol. The summed E-state index contributed by atoms with van der Waals surface area (Å²) in [7, 11) is 5.93. The molecule has 0 aliphatic carbocycles. The third kappa shape index (κ3) is 5.29. The van der Waals surface area contributed by atoms with E-state index in [2.05, 4.69) is 69.2 Å². The molecule has 0 unspecified atom stereocenters. The van der Waals surface area contributed by atoms with Crippen molar-refractivity contribution in [2.45, 2.75) is 31.3 Å². The minimum absolute atomic E-state index is 0.0716. The Bertz CT molecular complexity index is 556. The van der Waals surface area contributed by atoms with Crippen molar-refractivity contribution in [3.63, 3.8) is 0 Å². The van der Waals surface area contributed by atoms with E-state index in [4.69, 9.17) is 0 Å². The number of likely N-dealkylation sites (N-methyl/N-ethyl adjacent to an activating group) is 2. The predicted octanol–water partition coefficient (Wildman–Crippen LogP) is 2.53. The van der Waals surface area contributed by atoms with Crippen molar-refractivity contribution in [3.05, 3.63) is 45.6 Å². The highest BCUT2D eigenvalue weighted by atomic mass is 127. The van der Waals surface area contributed by atoms with Gasteiger partial charge in [-0.15, -0.1) is 0 Å². The molecule has 0 spiro atoms. The van der Waals surface area contributed by atoms with Crippen molar-refractivity contribution in [1.29, 1.82) is 0 Å².